The Bertz CT molecular complexity index is 880. The molecule has 1 aliphatic rings. The maximum atomic E-state index is 12.7. The van der Waals surface area contributed by atoms with E-state index in [1.165, 1.54) is 4.57 Å². The minimum atomic E-state index is -0.716. The van der Waals surface area contributed by atoms with E-state index in [2.05, 4.69) is 14.9 Å². The number of nitrogens with two attached hydrogens (primary N) is 1. The Morgan fingerprint density at radius 1 is 1.31 bits per heavy atom. The van der Waals surface area contributed by atoms with Gasteiger partial charge in [-0.15, -0.1) is 11.3 Å². The maximum Gasteiger partial charge on any atom is 0.329 e. The minimum absolute atomic E-state index is 0.0491. The molecule has 3 heterocycles. The van der Waals surface area contributed by atoms with Gasteiger partial charge in [-0.05, 0) is 6.42 Å². The van der Waals surface area contributed by atoms with Crippen molar-refractivity contribution in [2.45, 2.75) is 19.9 Å². The van der Waals surface area contributed by atoms with Crippen molar-refractivity contribution in [3.63, 3.8) is 0 Å². The fraction of sp³-hybridized carbons (Fsp3) is 0.500. The molecule has 0 radical (unpaired) electrons. The zero-order valence-electron chi connectivity index (χ0n) is 14.6. The lowest BCUT2D eigenvalue weighted by molar-refractivity contribution is 0.0925. The van der Waals surface area contributed by atoms with Crippen LogP contribution in [0.1, 0.15) is 23.7 Å². The van der Waals surface area contributed by atoms with Crippen LogP contribution >= 0.6 is 11.3 Å². The highest BCUT2D eigenvalue weighted by Crippen LogP contribution is 2.19. The van der Waals surface area contributed by atoms with Gasteiger partial charge in [-0.1, -0.05) is 6.92 Å². The first-order valence-corrected chi connectivity index (χ1v) is 9.41. The number of carbonyl (C=O) groups excluding carboxylic acids is 1. The summed E-state index contributed by atoms with van der Waals surface area (Å²) in [4.78, 5) is 47.3. The number of piperazine rings is 1. The van der Waals surface area contributed by atoms with E-state index in [0.717, 1.165) is 18.2 Å². The van der Waals surface area contributed by atoms with Gasteiger partial charge in [0.15, 0.2) is 10.9 Å². The molecule has 0 unspecified atom stereocenters. The van der Waals surface area contributed by atoms with Gasteiger partial charge in [-0.3, -0.25) is 24.0 Å². The third-order valence-corrected chi connectivity index (χ3v) is 5.23. The van der Waals surface area contributed by atoms with E-state index < -0.39 is 11.2 Å². The number of aromatic amines is 1. The predicted octanol–water partition coefficient (Wildman–Crippen LogP) is -0.00980. The number of hydrogen-bond donors (Lipinski definition) is 2. The standard InChI is InChI=1S/C16H22N6O3S/c1-2-4-22-13(17)12(14(24)19-15(22)25)11(23)10-20-5-7-21(8-6-20)16-18-3-9-26-16/h3,9H,2,4-8,10,17H2,1H3,(H,19,24,25). The maximum absolute atomic E-state index is 12.7. The van der Waals surface area contributed by atoms with Crippen molar-refractivity contribution in [2.24, 2.45) is 0 Å². The quantitative estimate of drug-likeness (QED) is 0.679. The summed E-state index contributed by atoms with van der Waals surface area (Å²) in [6.07, 6.45) is 2.44. The van der Waals surface area contributed by atoms with Crippen molar-refractivity contribution < 1.29 is 4.79 Å². The molecule has 2 aromatic heterocycles. The molecular weight excluding hydrogens is 356 g/mol. The zero-order valence-corrected chi connectivity index (χ0v) is 15.4. The van der Waals surface area contributed by atoms with Crippen LogP contribution in [0.4, 0.5) is 10.9 Å². The lowest BCUT2D eigenvalue weighted by atomic mass is 10.1. The molecule has 0 aliphatic carbocycles. The second-order valence-corrected chi connectivity index (χ2v) is 7.05. The van der Waals surface area contributed by atoms with Crippen LogP contribution in [0.25, 0.3) is 0 Å². The molecule has 1 saturated heterocycles. The number of hydrogen-bond acceptors (Lipinski definition) is 8. The van der Waals surface area contributed by atoms with Crippen molar-refractivity contribution in [1.82, 2.24) is 19.4 Å². The molecule has 26 heavy (non-hydrogen) atoms. The summed E-state index contributed by atoms with van der Waals surface area (Å²) in [5.41, 5.74) is 4.53. The molecule has 0 spiro atoms. The van der Waals surface area contributed by atoms with Gasteiger partial charge in [0.05, 0.1) is 6.54 Å². The average Bonchev–Trinajstić information content (AvgIpc) is 3.13. The molecule has 2 aromatic rings. The Morgan fingerprint density at radius 3 is 2.65 bits per heavy atom. The molecule has 0 amide bonds. The van der Waals surface area contributed by atoms with Gasteiger partial charge in [0, 0.05) is 44.3 Å². The first-order valence-electron chi connectivity index (χ1n) is 8.53. The molecule has 1 fully saturated rings. The van der Waals surface area contributed by atoms with Crippen molar-refractivity contribution in [3.05, 3.63) is 38.0 Å². The van der Waals surface area contributed by atoms with Crippen LogP contribution in [-0.2, 0) is 6.54 Å². The molecule has 3 N–H and O–H groups in total. The van der Waals surface area contributed by atoms with E-state index in [1.807, 2.05) is 17.2 Å². The van der Waals surface area contributed by atoms with E-state index in [9.17, 15) is 14.4 Å². The molecule has 0 bridgehead atoms. The monoisotopic (exact) mass is 378 g/mol. The van der Waals surface area contributed by atoms with Gasteiger partial charge in [0.1, 0.15) is 11.4 Å². The average molecular weight is 378 g/mol. The van der Waals surface area contributed by atoms with Crippen LogP contribution in [0, 0.1) is 0 Å². The highest BCUT2D eigenvalue weighted by atomic mass is 32.1. The van der Waals surface area contributed by atoms with E-state index in [0.29, 0.717) is 26.1 Å². The van der Waals surface area contributed by atoms with Crippen molar-refractivity contribution in [3.8, 4) is 0 Å². The molecular formula is C16H22N6O3S. The number of Topliss-reactive ketones (excluding diaryl/α,β-unsaturated/α-hetero) is 1. The van der Waals surface area contributed by atoms with E-state index in [1.54, 1.807) is 17.5 Å². The first kappa shape index (κ1) is 18.3. The highest BCUT2D eigenvalue weighted by molar-refractivity contribution is 7.13. The summed E-state index contributed by atoms with van der Waals surface area (Å²) < 4.78 is 1.25. The first-order chi connectivity index (χ1) is 12.5. The summed E-state index contributed by atoms with van der Waals surface area (Å²) in [5, 5.41) is 2.91. The second kappa shape index (κ2) is 7.83. The van der Waals surface area contributed by atoms with Crippen LogP contribution in [0.2, 0.25) is 0 Å². The molecule has 0 saturated carbocycles. The molecule has 0 aromatic carbocycles. The number of anilines is 2. The number of rotatable bonds is 6. The molecule has 3 rings (SSSR count). The van der Waals surface area contributed by atoms with Crippen LogP contribution in [0.3, 0.4) is 0 Å². The van der Waals surface area contributed by atoms with Crippen molar-refractivity contribution in [1.29, 1.82) is 0 Å². The normalized spacial score (nSPS) is 15.3. The number of nitrogens with zero attached hydrogens (tertiary/aromatic N) is 4. The molecule has 9 nitrogen and oxygen atoms in total. The Balaban J connectivity index is 1.70. The molecule has 1 aliphatic heterocycles. The molecule has 140 valence electrons. The Labute approximate surface area is 154 Å². The third-order valence-electron chi connectivity index (χ3n) is 4.39. The van der Waals surface area contributed by atoms with Gasteiger partial charge >= 0.3 is 5.69 Å². The highest BCUT2D eigenvalue weighted by Gasteiger charge is 2.24. The fourth-order valence-corrected chi connectivity index (χ4v) is 3.75. The number of thiazole rings is 1. The summed E-state index contributed by atoms with van der Waals surface area (Å²) >= 11 is 1.59. The number of nitrogens with one attached hydrogen (secondary N) is 1. The minimum Gasteiger partial charge on any atom is -0.384 e. The number of carbonyl (C=O) groups is 1. The molecule has 0 atom stereocenters. The van der Waals surface area contributed by atoms with E-state index >= 15 is 0 Å². The second-order valence-electron chi connectivity index (χ2n) is 6.17. The number of ketones is 1. The third kappa shape index (κ3) is 3.70. The van der Waals surface area contributed by atoms with Crippen LogP contribution in [0.5, 0.6) is 0 Å². The van der Waals surface area contributed by atoms with Crippen LogP contribution in [-0.4, -0.2) is 57.9 Å². The summed E-state index contributed by atoms with van der Waals surface area (Å²) in [6, 6.07) is 0. The fourth-order valence-electron chi connectivity index (χ4n) is 3.05. The van der Waals surface area contributed by atoms with E-state index in [-0.39, 0.29) is 23.7 Å². The van der Waals surface area contributed by atoms with Gasteiger partial charge in [0.25, 0.3) is 5.56 Å². The summed E-state index contributed by atoms with van der Waals surface area (Å²) in [5.74, 6) is -0.414. The topological polar surface area (TPSA) is 117 Å². The van der Waals surface area contributed by atoms with Gasteiger partial charge in [0.2, 0.25) is 0 Å². The number of H-pyrrole nitrogens is 1. The summed E-state index contributed by atoms with van der Waals surface area (Å²) in [7, 11) is 0. The summed E-state index contributed by atoms with van der Waals surface area (Å²) in [6.45, 7) is 5.26. The Hall–Kier alpha value is -2.46. The van der Waals surface area contributed by atoms with Crippen LogP contribution < -0.4 is 21.9 Å². The Morgan fingerprint density at radius 2 is 2.04 bits per heavy atom. The van der Waals surface area contributed by atoms with E-state index in [4.69, 9.17) is 5.73 Å². The smallest absolute Gasteiger partial charge is 0.329 e. The zero-order chi connectivity index (χ0) is 18.7. The predicted molar refractivity (Wildman–Crippen MR) is 101 cm³/mol. The van der Waals surface area contributed by atoms with Gasteiger partial charge in [-0.25, -0.2) is 9.78 Å². The Kier molecular flexibility index (Phi) is 5.52. The largest absolute Gasteiger partial charge is 0.384 e. The number of nitrogen functional groups attached to an aromatic ring is 1. The lowest BCUT2D eigenvalue weighted by Crippen LogP contribution is -2.48. The van der Waals surface area contributed by atoms with Gasteiger partial charge < -0.3 is 10.6 Å². The van der Waals surface area contributed by atoms with Crippen LogP contribution in [0.15, 0.2) is 21.2 Å². The number of aromatic nitrogens is 3. The lowest BCUT2D eigenvalue weighted by Gasteiger charge is -2.34. The van der Waals surface area contributed by atoms with Crippen molar-refractivity contribution in [2.75, 3.05) is 43.4 Å². The van der Waals surface area contributed by atoms with Crippen molar-refractivity contribution >= 4 is 28.1 Å². The SMILES string of the molecule is CCCn1c(N)c(C(=O)CN2CCN(c3nccs3)CC2)c(=O)[nH]c1=O. The molecule has 10 heteroatoms. The van der Waals surface area contributed by atoms with Gasteiger partial charge in [-0.2, -0.15) is 0 Å².